The molecule has 0 aliphatic carbocycles. The third kappa shape index (κ3) is 5.39. The zero-order valence-corrected chi connectivity index (χ0v) is 16.8. The molecule has 2 aromatic rings. The Bertz CT molecular complexity index is 747. The van der Waals surface area contributed by atoms with Crippen molar-refractivity contribution in [2.75, 3.05) is 20.3 Å². The predicted octanol–water partition coefficient (Wildman–Crippen LogP) is 5.56. The van der Waals surface area contributed by atoms with Crippen LogP contribution in [0.15, 0.2) is 60.4 Å². The zero-order chi connectivity index (χ0) is 19.0. The largest absolute Gasteiger partial charge is 0.354 e. The number of aryl methyl sites for hydroxylation is 1. The number of rotatable bonds is 9. The molecule has 0 aliphatic rings. The molecule has 0 radical (unpaired) electrons. The van der Waals surface area contributed by atoms with E-state index in [0.717, 1.165) is 16.7 Å². The highest BCUT2D eigenvalue weighted by Crippen LogP contribution is 2.53. The number of hydrogen-bond donors (Lipinski definition) is 1. The number of nitrogens with one attached hydrogen (secondary N) is 1. The van der Waals surface area contributed by atoms with Crippen molar-refractivity contribution in [2.45, 2.75) is 26.8 Å². The van der Waals surface area contributed by atoms with Crippen LogP contribution in [0.25, 0.3) is 5.57 Å². The average Bonchev–Trinajstić information content (AvgIpc) is 2.64. The van der Waals surface area contributed by atoms with Crippen LogP contribution in [0.5, 0.6) is 0 Å². The van der Waals surface area contributed by atoms with Gasteiger partial charge in [-0.2, -0.15) is 0 Å². The Balaban J connectivity index is 2.57. The molecular weight excluding hydrogens is 345 g/mol. The minimum Gasteiger partial charge on any atom is -0.309 e. The molecule has 0 heterocycles. The maximum absolute atomic E-state index is 13.2. The summed E-state index contributed by atoms with van der Waals surface area (Å²) in [6, 6.07) is 18.1. The summed E-state index contributed by atoms with van der Waals surface area (Å²) >= 11 is 0. The highest BCUT2D eigenvalue weighted by molar-refractivity contribution is 7.57. The summed E-state index contributed by atoms with van der Waals surface area (Å²) in [7, 11) is -1.44. The second-order valence-corrected chi connectivity index (χ2v) is 7.81. The van der Waals surface area contributed by atoms with Gasteiger partial charge < -0.3 is 14.4 Å². The molecule has 1 N–H and O–H groups in total. The van der Waals surface area contributed by atoms with Gasteiger partial charge >= 0.3 is 7.60 Å². The normalized spacial score (nSPS) is 13.6. The lowest BCUT2D eigenvalue weighted by molar-refractivity contribution is 0.229. The summed E-state index contributed by atoms with van der Waals surface area (Å²) in [6.45, 7) is 6.34. The minimum absolute atomic E-state index is 0.132. The van der Waals surface area contributed by atoms with E-state index in [9.17, 15) is 4.57 Å². The van der Waals surface area contributed by atoms with Gasteiger partial charge in [0.2, 0.25) is 0 Å². The molecular formula is C21H28NO3P. The first kappa shape index (κ1) is 20.6. The van der Waals surface area contributed by atoms with E-state index in [2.05, 4.69) is 36.5 Å². The van der Waals surface area contributed by atoms with Crippen LogP contribution < -0.4 is 5.32 Å². The van der Waals surface area contributed by atoms with Gasteiger partial charge in [-0.1, -0.05) is 60.2 Å². The van der Waals surface area contributed by atoms with Crippen molar-refractivity contribution in [3.05, 3.63) is 77.1 Å². The molecule has 0 aliphatic heterocycles. The van der Waals surface area contributed by atoms with Crippen molar-refractivity contribution in [3.63, 3.8) is 0 Å². The van der Waals surface area contributed by atoms with Crippen molar-refractivity contribution in [3.8, 4) is 0 Å². The van der Waals surface area contributed by atoms with Crippen LogP contribution in [0.1, 0.15) is 36.6 Å². The molecule has 0 spiro atoms. The Hall–Kier alpha value is -1.71. The number of likely N-dealkylation sites (N-methyl/N-ethyl adjacent to an activating group) is 1. The van der Waals surface area contributed by atoms with E-state index in [4.69, 9.17) is 9.05 Å². The SMILES string of the molecule is CCOP(=O)(/C=C(\c1ccccc1)C(NC)c1ccc(C)cc1)OCC. The number of benzene rings is 2. The minimum atomic E-state index is -3.34. The lowest BCUT2D eigenvalue weighted by Gasteiger charge is -2.23. The molecule has 5 heteroatoms. The van der Waals surface area contributed by atoms with Gasteiger partial charge in [0.05, 0.1) is 19.3 Å². The van der Waals surface area contributed by atoms with Crippen molar-refractivity contribution in [2.24, 2.45) is 0 Å². The Labute approximate surface area is 156 Å². The van der Waals surface area contributed by atoms with Crippen LogP contribution >= 0.6 is 7.60 Å². The number of hydrogen-bond acceptors (Lipinski definition) is 4. The topological polar surface area (TPSA) is 47.6 Å². The molecule has 0 saturated carbocycles. The Morgan fingerprint density at radius 2 is 1.62 bits per heavy atom. The van der Waals surface area contributed by atoms with Crippen LogP contribution in [-0.2, 0) is 13.6 Å². The molecule has 0 fully saturated rings. The molecule has 26 heavy (non-hydrogen) atoms. The van der Waals surface area contributed by atoms with Crippen molar-refractivity contribution in [1.29, 1.82) is 0 Å². The second kappa shape index (κ2) is 9.84. The highest BCUT2D eigenvalue weighted by Gasteiger charge is 2.26. The maximum Gasteiger partial charge on any atom is 0.354 e. The molecule has 0 aromatic heterocycles. The summed E-state index contributed by atoms with van der Waals surface area (Å²) in [5.41, 5.74) is 4.14. The van der Waals surface area contributed by atoms with E-state index in [-0.39, 0.29) is 6.04 Å². The van der Waals surface area contributed by atoms with Crippen molar-refractivity contribution >= 4 is 13.2 Å². The van der Waals surface area contributed by atoms with Crippen LogP contribution in [0.3, 0.4) is 0 Å². The zero-order valence-electron chi connectivity index (χ0n) is 15.9. The fourth-order valence-electron chi connectivity index (χ4n) is 2.85. The van der Waals surface area contributed by atoms with Gasteiger partial charge in [0.1, 0.15) is 0 Å². The summed E-state index contributed by atoms with van der Waals surface area (Å²) in [5, 5.41) is 3.34. The van der Waals surface area contributed by atoms with Gasteiger partial charge in [0.15, 0.2) is 0 Å². The molecule has 2 aromatic carbocycles. The van der Waals surface area contributed by atoms with Gasteiger partial charge in [-0.3, -0.25) is 4.57 Å². The molecule has 0 amide bonds. The molecule has 4 nitrogen and oxygen atoms in total. The van der Waals surface area contributed by atoms with E-state index in [1.807, 2.05) is 51.2 Å². The van der Waals surface area contributed by atoms with Gasteiger partial charge in [-0.15, -0.1) is 0 Å². The highest BCUT2D eigenvalue weighted by atomic mass is 31.2. The van der Waals surface area contributed by atoms with Gasteiger partial charge in [0.25, 0.3) is 0 Å². The second-order valence-electron chi connectivity index (χ2n) is 5.96. The quantitative estimate of drug-likeness (QED) is 0.584. The van der Waals surface area contributed by atoms with E-state index in [1.54, 1.807) is 5.82 Å². The molecule has 1 atom stereocenters. The first-order chi connectivity index (χ1) is 12.5. The predicted molar refractivity (Wildman–Crippen MR) is 108 cm³/mol. The van der Waals surface area contributed by atoms with Crippen LogP contribution in [0.4, 0.5) is 0 Å². The van der Waals surface area contributed by atoms with E-state index >= 15 is 0 Å². The Morgan fingerprint density at radius 3 is 2.12 bits per heavy atom. The fraction of sp³-hybridized carbons (Fsp3) is 0.333. The van der Waals surface area contributed by atoms with E-state index < -0.39 is 7.60 Å². The summed E-state index contributed by atoms with van der Waals surface area (Å²) in [4.78, 5) is 0. The summed E-state index contributed by atoms with van der Waals surface area (Å²) in [6.07, 6.45) is 0. The summed E-state index contributed by atoms with van der Waals surface area (Å²) in [5.74, 6) is 1.66. The smallest absolute Gasteiger partial charge is 0.309 e. The van der Waals surface area contributed by atoms with Gasteiger partial charge in [-0.25, -0.2) is 0 Å². The van der Waals surface area contributed by atoms with Crippen LogP contribution in [-0.4, -0.2) is 20.3 Å². The van der Waals surface area contributed by atoms with E-state index in [1.165, 1.54) is 5.56 Å². The summed E-state index contributed by atoms with van der Waals surface area (Å²) < 4.78 is 24.2. The first-order valence-corrected chi connectivity index (χ1v) is 10.5. The third-order valence-corrected chi connectivity index (χ3v) is 5.86. The molecule has 1 unspecified atom stereocenters. The van der Waals surface area contributed by atoms with Gasteiger partial charge in [-0.05, 0) is 44.5 Å². The third-order valence-electron chi connectivity index (χ3n) is 4.03. The van der Waals surface area contributed by atoms with Crippen LogP contribution in [0, 0.1) is 6.92 Å². The van der Waals surface area contributed by atoms with E-state index in [0.29, 0.717) is 13.2 Å². The molecule has 140 valence electrons. The lowest BCUT2D eigenvalue weighted by atomic mass is 9.94. The Kier molecular flexibility index (Phi) is 7.80. The average molecular weight is 373 g/mol. The monoisotopic (exact) mass is 373 g/mol. The first-order valence-electron chi connectivity index (χ1n) is 8.93. The Morgan fingerprint density at radius 1 is 1.04 bits per heavy atom. The lowest BCUT2D eigenvalue weighted by Crippen LogP contribution is -2.18. The molecule has 0 saturated heterocycles. The fourth-order valence-corrected chi connectivity index (χ4v) is 4.43. The van der Waals surface area contributed by atoms with Crippen LogP contribution in [0.2, 0.25) is 0 Å². The molecule has 0 bridgehead atoms. The maximum atomic E-state index is 13.2. The van der Waals surface area contributed by atoms with Crippen molar-refractivity contribution < 1.29 is 13.6 Å². The van der Waals surface area contributed by atoms with Crippen molar-refractivity contribution in [1.82, 2.24) is 5.32 Å². The van der Waals surface area contributed by atoms with Gasteiger partial charge in [0, 0.05) is 5.82 Å². The standard InChI is InChI=1S/C21H28NO3P/c1-5-24-26(23,25-6-2)16-20(18-10-8-7-9-11-18)21(22-4)19-14-12-17(3)13-15-19/h7-16,21-22H,5-6H2,1-4H3/b20-16+. The molecule has 2 rings (SSSR count).